The maximum atomic E-state index is 12.6. The molecule has 3 aromatic rings. The van der Waals surface area contributed by atoms with Crippen molar-refractivity contribution in [1.82, 2.24) is 5.32 Å². The van der Waals surface area contributed by atoms with Gasteiger partial charge in [-0.3, -0.25) is 14.9 Å². The zero-order valence-corrected chi connectivity index (χ0v) is 20.4. The molecule has 4 N–H and O–H groups in total. The van der Waals surface area contributed by atoms with Gasteiger partial charge in [-0.05, 0) is 60.5 Å². The summed E-state index contributed by atoms with van der Waals surface area (Å²) >= 11 is 6.73. The molecule has 172 valence electrons. The van der Waals surface area contributed by atoms with Crippen molar-refractivity contribution in [1.29, 1.82) is 0 Å². The highest BCUT2D eigenvalue weighted by Crippen LogP contribution is 2.34. The fourth-order valence-electron chi connectivity index (χ4n) is 3.17. The molecule has 0 bridgehead atoms. The third-order valence-corrected chi connectivity index (χ3v) is 6.26. The first-order valence-electron chi connectivity index (χ1n) is 10.6. The van der Waals surface area contributed by atoms with Crippen molar-refractivity contribution in [2.45, 2.75) is 27.2 Å². The molecule has 8 heteroatoms. The van der Waals surface area contributed by atoms with Crippen molar-refractivity contribution in [3.63, 3.8) is 0 Å². The van der Waals surface area contributed by atoms with Gasteiger partial charge in [-0.15, -0.1) is 11.3 Å². The SMILES string of the molecule is Cc1c(Cc2ccccc2)sc(NC(=S)NC(=O)c2ccc(OCC(C)C)cc2)c1C(N)=O. The summed E-state index contributed by atoms with van der Waals surface area (Å²) in [5.74, 6) is 0.209. The van der Waals surface area contributed by atoms with Gasteiger partial charge in [-0.1, -0.05) is 44.2 Å². The number of benzene rings is 2. The van der Waals surface area contributed by atoms with Gasteiger partial charge in [0.25, 0.3) is 11.8 Å². The standard InChI is InChI=1S/C25H27N3O3S2/c1-15(2)14-31-19-11-9-18(10-12-19)23(30)27-25(32)28-24-21(22(26)29)16(3)20(33-24)13-17-7-5-4-6-8-17/h4-12,15H,13-14H2,1-3H3,(H2,26,29)(H2,27,28,30,32). The Bertz CT molecular complexity index is 1140. The molecule has 0 spiro atoms. The number of rotatable bonds is 8. The Balaban J connectivity index is 1.68. The number of anilines is 1. The third kappa shape index (κ3) is 6.63. The van der Waals surface area contributed by atoms with Gasteiger partial charge in [0.1, 0.15) is 10.8 Å². The van der Waals surface area contributed by atoms with Crippen molar-refractivity contribution in [2.75, 3.05) is 11.9 Å². The first-order chi connectivity index (χ1) is 15.7. The van der Waals surface area contributed by atoms with Crippen LogP contribution in [0, 0.1) is 12.8 Å². The summed E-state index contributed by atoms with van der Waals surface area (Å²) in [7, 11) is 0. The number of nitrogens with two attached hydrogens (primary N) is 1. The second kappa shape index (κ2) is 11.1. The van der Waals surface area contributed by atoms with Crippen LogP contribution in [0.1, 0.15) is 50.6 Å². The van der Waals surface area contributed by atoms with Gasteiger partial charge in [0.2, 0.25) is 0 Å². The highest BCUT2D eigenvalue weighted by atomic mass is 32.1. The molecule has 1 heterocycles. The van der Waals surface area contributed by atoms with E-state index in [1.165, 1.54) is 11.3 Å². The molecule has 0 unspecified atom stereocenters. The first-order valence-corrected chi connectivity index (χ1v) is 11.8. The van der Waals surface area contributed by atoms with Crippen molar-refractivity contribution in [3.8, 4) is 5.75 Å². The fraction of sp³-hybridized carbons (Fsp3) is 0.240. The zero-order valence-electron chi connectivity index (χ0n) is 18.8. The number of primary amides is 1. The lowest BCUT2D eigenvalue weighted by atomic mass is 10.1. The van der Waals surface area contributed by atoms with E-state index in [-0.39, 0.29) is 11.0 Å². The summed E-state index contributed by atoms with van der Waals surface area (Å²) < 4.78 is 5.64. The predicted octanol–water partition coefficient (Wildman–Crippen LogP) is 4.91. The molecule has 1 aromatic heterocycles. The summed E-state index contributed by atoms with van der Waals surface area (Å²) in [6.45, 7) is 6.61. The van der Waals surface area contributed by atoms with E-state index < -0.39 is 5.91 Å². The molecule has 2 amide bonds. The number of thiophene rings is 1. The molecule has 0 aliphatic rings. The molecule has 0 radical (unpaired) electrons. The van der Waals surface area contributed by atoms with E-state index in [0.29, 0.717) is 40.8 Å². The summed E-state index contributed by atoms with van der Waals surface area (Å²) in [6, 6.07) is 16.8. The number of hydrogen-bond donors (Lipinski definition) is 3. The minimum atomic E-state index is -0.545. The highest BCUT2D eigenvalue weighted by Gasteiger charge is 2.21. The Morgan fingerprint density at radius 1 is 1.09 bits per heavy atom. The predicted molar refractivity (Wildman–Crippen MR) is 137 cm³/mol. The summed E-state index contributed by atoms with van der Waals surface area (Å²) in [4.78, 5) is 25.7. The monoisotopic (exact) mass is 481 g/mol. The highest BCUT2D eigenvalue weighted by molar-refractivity contribution is 7.80. The average molecular weight is 482 g/mol. The Morgan fingerprint density at radius 2 is 1.76 bits per heavy atom. The number of carbonyl (C=O) groups excluding carboxylic acids is 2. The van der Waals surface area contributed by atoms with E-state index in [1.807, 2.05) is 37.3 Å². The smallest absolute Gasteiger partial charge is 0.257 e. The second-order valence-electron chi connectivity index (χ2n) is 8.02. The van der Waals surface area contributed by atoms with E-state index in [2.05, 4.69) is 24.5 Å². The fourth-order valence-corrected chi connectivity index (χ4v) is 4.68. The van der Waals surface area contributed by atoms with Gasteiger partial charge in [0.05, 0.1) is 12.2 Å². The van der Waals surface area contributed by atoms with E-state index in [4.69, 9.17) is 22.7 Å². The van der Waals surface area contributed by atoms with Gasteiger partial charge >= 0.3 is 0 Å². The Kier molecular flexibility index (Phi) is 8.19. The van der Waals surface area contributed by atoms with Crippen LogP contribution in [-0.2, 0) is 6.42 Å². The number of thiocarbonyl (C=S) groups is 1. The van der Waals surface area contributed by atoms with Crippen LogP contribution in [0.2, 0.25) is 0 Å². The molecular formula is C25H27N3O3S2. The Hall–Kier alpha value is -3.23. The third-order valence-electron chi connectivity index (χ3n) is 4.85. The van der Waals surface area contributed by atoms with Crippen LogP contribution >= 0.6 is 23.6 Å². The molecule has 0 saturated heterocycles. The lowest BCUT2D eigenvalue weighted by Crippen LogP contribution is -2.34. The molecule has 0 aliphatic carbocycles. The number of amides is 2. The molecule has 0 saturated carbocycles. The number of nitrogens with one attached hydrogen (secondary N) is 2. The van der Waals surface area contributed by atoms with E-state index in [1.54, 1.807) is 24.3 Å². The largest absolute Gasteiger partial charge is 0.493 e. The topological polar surface area (TPSA) is 93.4 Å². The molecular weight excluding hydrogens is 454 g/mol. The number of hydrogen-bond acceptors (Lipinski definition) is 5. The van der Waals surface area contributed by atoms with Crippen molar-refractivity contribution < 1.29 is 14.3 Å². The van der Waals surface area contributed by atoms with Gasteiger partial charge < -0.3 is 15.8 Å². The van der Waals surface area contributed by atoms with Crippen LogP contribution in [0.4, 0.5) is 5.00 Å². The maximum absolute atomic E-state index is 12.6. The van der Waals surface area contributed by atoms with Crippen LogP contribution in [0.25, 0.3) is 0 Å². The van der Waals surface area contributed by atoms with Gasteiger partial charge in [-0.2, -0.15) is 0 Å². The van der Waals surface area contributed by atoms with Crippen LogP contribution in [0.5, 0.6) is 5.75 Å². The molecule has 6 nitrogen and oxygen atoms in total. The van der Waals surface area contributed by atoms with Crippen LogP contribution in [-0.4, -0.2) is 23.5 Å². The normalized spacial score (nSPS) is 10.7. The molecule has 0 aliphatic heterocycles. The van der Waals surface area contributed by atoms with E-state index in [0.717, 1.165) is 16.0 Å². The van der Waals surface area contributed by atoms with Crippen molar-refractivity contribution >= 4 is 45.5 Å². The lowest BCUT2D eigenvalue weighted by Gasteiger charge is -2.11. The van der Waals surface area contributed by atoms with Crippen LogP contribution in [0.15, 0.2) is 54.6 Å². The minimum absolute atomic E-state index is 0.0927. The van der Waals surface area contributed by atoms with Crippen LogP contribution < -0.4 is 21.1 Å². The Morgan fingerprint density at radius 3 is 2.36 bits per heavy atom. The summed E-state index contributed by atoms with van der Waals surface area (Å²) in [5, 5.41) is 6.24. The van der Waals surface area contributed by atoms with E-state index in [9.17, 15) is 9.59 Å². The number of carbonyl (C=O) groups is 2. The van der Waals surface area contributed by atoms with Crippen molar-refractivity contribution in [2.24, 2.45) is 11.7 Å². The summed E-state index contributed by atoms with van der Waals surface area (Å²) in [5.41, 5.74) is 8.40. The zero-order chi connectivity index (χ0) is 24.0. The van der Waals surface area contributed by atoms with Gasteiger partial charge in [-0.25, -0.2) is 0 Å². The lowest BCUT2D eigenvalue weighted by molar-refractivity contribution is 0.0975. The van der Waals surface area contributed by atoms with Crippen molar-refractivity contribution in [3.05, 3.63) is 81.7 Å². The number of ether oxygens (including phenoxy) is 1. The molecule has 2 aromatic carbocycles. The Labute approximate surface area is 203 Å². The van der Waals surface area contributed by atoms with E-state index >= 15 is 0 Å². The van der Waals surface area contributed by atoms with Gasteiger partial charge in [0.15, 0.2) is 5.11 Å². The maximum Gasteiger partial charge on any atom is 0.257 e. The average Bonchev–Trinajstić information content (AvgIpc) is 3.07. The molecule has 3 rings (SSSR count). The molecule has 33 heavy (non-hydrogen) atoms. The second-order valence-corrected chi connectivity index (χ2v) is 9.53. The van der Waals surface area contributed by atoms with Crippen LogP contribution in [0.3, 0.4) is 0 Å². The minimum Gasteiger partial charge on any atom is -0.493 e. The summed E-state index contributed by atoms with van der Waals surface area (Å²) in [6.07, 6.45) is 0.670. The first kappa shape index (κ1) is 24.4. The quantitative estimate of drug-likeness (QED) is 0.398. The molecule has 0 fully saturated rings. The van der Waals surface area contributed by atoms with Gasteiger partial charge in [0, 0.05) is 16.9 Å². The molecule has 0 atom stereocenters.